The van der Waals surface area contributed by atoms with Gasteiger partial charge in [0.1, 0.15) is 6.61 Å². The van der Waals surface area contributed by atoms with Gasteiger partial charge in [0.15, 0.2) is 0 Å². The number of aliphatic hydroxyl groups excluding tert-OH is 1. The summed E-state index contributed by atoms with van der Waals surface area (Å²) in [5.41, 5.74) is 0. The van der Waals surface area contributed by atoms with Gasteiger partial charge < -0.3 is 5.11 Å². The lowest BCUT2D eigenvalue weighted by molar-refractivity contribution is -0.251. The summed E-state index contributed by atoms with van der Waals surface area (Å²) in [6.45, 7) is -2.16. The first kappa shape index (κ1) is 10.5. The Balaban J connectivity index is 4.35. The molecular weight excluding hydrogens is 178 g/mol. The van der Waals surface area contributed by atoms with Gasteiger partial charge in [-0.3, -0.25) is 0 Å². The number of rotatable bonds is 2. The van der Waals surface area contributed by atoms with Crippen molar-refractivity contribution in [1.82, 2.24) is 0 Å². The zero-order valence-corrected chi connectivity index (χ0v) is 5.00. The van der Waals surface area contributed by atoms with Gasteiger partial charge in [-0.05, 0) is 0 Å². The van der Waals surface area contributed by atoms with Crippen LogP contribution in [0.5, 0.6) is 0 Å². The molecule has 1 nitrogen and oxygen atoms in total. The first-order valence-corrected chi connectivity index (χ1v) is 2.41. The number of hydrogen-bond donors (Lipinski definition) is 1. The molecule has 0 aromatic carbocycles. The molecule has 0 fully saturated rings. The molecule has 0 aromatic heterocycles. The van der Waals surface area contributed by atoms with E-state index in [1.54, 1.807) is 0 Å². The van der Waals surface area contributed by atoms with Crippen molar-refractivity contribution in [3.05, 3.63) is 0 Å². The lowest BCUT2D eigenvalue weighted by atomic mass is 10.2. The molecule has 1 unspecified atom stereocenters. The predicted octanol–water partition coefficient (Wildman–Crippen LogP) is 1.51. The second kappa shape index (κ2) is 2.88. The monoisotopic (exact) mass is 182 g/mol. The lowest BCUT2D eigenvalue weighted by Crippen LogP contribution is -2.44. The summed E-state index contributed by atoms with van der Waals surface area (Å²) in [5.74, 6) is -4.75. The maximum atomic E-state index is 11.7. The zero-order chi connectivity index (χ0) is 9.28. The van der Waals surface area contributed by atoms with Gasteiger partial charge in [-0.1, -0.05) is 0 Å². The molecule has 7 heteroatoms. The Kier molecular flexibility index (Phi) is 2.76. The molecule has 0 aliphatic rings. The first-order chi connectivity index (χ1) is 4.72. The fourth-order valence-corrected chi connectivity index (χ4v) is 0.320. The first-order valence-electron chi connectivity index (χ1n) is 2.41. The van der Waals surface area contributed by atoms with E-state index in [1.165, 1.54) is 0 Å². The van der Waals surface area contributed by atoms with Crippen molar-refractivity contribution >= 4 is 0 Å². The van der Waals surface area contributed by atoms with Crippen molar-refractivity contribution in [3.8, 4) is 0 Å². The van der Waals surface area contributed by atoms with Crippen molar-refractivity contribution in [2.45, 2.75) is 18.3 Å². The third kappa shape index (κ3) is 2.57. The van der Waals surface area contributed by atoms with Crippen LogP contribution >= 0.6 is 0 Å². The molecule has 0 radical (unpaired) electrons. The zero-order valence-electron chi connectivity index (χ0n) is 5.00. The molecular formula is C4H4F6O. The Hall–Kier alpha value is -0.460. The molecule has 0 aliphatic carbocycles. The van der Waals surface area contributed by atoms with E-state index in [9.17, 15) is 26.3 Å². The van der Waals surface area contributed by atoms with Crippen molar-refractivity contribution in [2.75, 3.05) is 6.61 Å². The quantitative estimate of drug-likeness (QED) is 0.642. The molecule has 68 valence electrons. The fraction of sp³-hybridized carbons (Fsp3) is 1.00. The molecule has 0 amide bonds. The van der Waals surface area contributed by atoms with E-state index < -0.39 is 24.9 Å². The minimum atomic E-state index is -5.63. The van der Waals surface area contributed by atoms with Gasteiger partial charge in [-0.15, -0.1) is 0 Å². The maximum absolute atomic E-state index is 11.7. The van der Waals surface area contributed by atoms with E-state index in [1.807, 2.05) is 0 Å². The van der Waals surface area contributed by atoms with Gasteiger partial charge in [-0.2, -0.15) is 13.2 Å². The van der Waals surface area contributed by atoms with Crippen LogP contribution in [0.1, 0.15) is 0 Å². The SMILES string of the molecule is OCC(F)(F)C(F)C(F)(F)F. The summed E-state index contributed by atoms with van der Waals surface area (Å²) in [6.07, 6.45) is -9.94. The van der Waals surface area contributed by atoms with Gasteiger partial charge in [0.25, 0.3) is 6.17 Å². The van der Waals surface area contributed by atoms with Crippen LogP contribution < -0.4 is 0 Å². The lowest BCUT2D eigenvalue weighted by Gasteiger charge is -2.19. The highest BCUT2D eigenvalue weighted by Crippen LogP contribution is 2.34. The molecule has 0 saturated carbocycles. The van der Waals surface area contributed by atoms with E-state index in [4.69, 9.17) is 5.11 Å². The van der Waals surface area contributed by atoms with E-state index in [0.29, 0.717) is 0 Å². The second-order valence-electron chi connectivity index (χ2n) is 1.82. The van der Waals surface area contributed by atoms with Gasteiger partial charge in [0.05, 0.1) is 0 Å². The van der Waals surface area contributed by atoms with Crippen LogP contribution in [0.15, 0.2) is 0 Å². The van der Waals surface area contributed by atoms with E-state index in [-0.39, 0.29) is 0 Å². The Morgan fingerprint density at radius 2 is 1.45 bits per heavy atom. The van der Waals surface area contributed by atoms with Crippen LogP contribution in [-0.2, 0) is 0 Å². The third-order valence-corrected chi connectivity index (χ3v) is 0.869. The normalized spacial score (nSPS) is 16.6. The molecule has 0 bridgehead atoms. The summed E-state index contributed by atoms with van der Waals surface area (Å²) in [4.78, 5) is 0. The smallest absolute Gasteiger partial charge is 0.390 e. The summed E-state index contributed by atoms with van der Waals surface area (Å²) < 4.78 is 68.5. The van der Waals surface area contributed by atoms with Crippen molar-refractivity contribution in [1.29, 1.82) is 0 Å². The third-order valence-electron chi connectivity index (χ3n) is 0.869. The standard InChI is InChI=1S/C4H4F6O/c5-2(4(8,9)10)3(6,7)1-11/h2,11H,1H2. The summed E-state index contributed by atoms with van der Waals surface area (Å²) >= 11 is 0. The molecule has 1 atom stereocenters. The number of aliphatic hydroxyl groups is 1. The van der Waals surface area contributed by atoms with Crippen LogP contribution in [0, 0.1) is 0 Å². The number of hydrogen-bond acceptors (Lipinski definition) is 1. The van der Waals surface area contributed by atoms with Crippen LogP contribution in [0.4, 0.5) is 26.3 Å². The highest BCUT2D eigenvalue weighted by molar-refractivity contribution is 4.81. The predicted molar refractivity (Wildman–Crippen MR) is 23.0 cm³/mol. The molecule has 0 spiro atoms. The van der Waals surface area contributed by atoms with Gasteiger partial charge >= 0.3 is 12.1 Å². The Bertz CT molecular complexity index is 129. The highest BCUT2D eigenvalue weighted by Gasteiger charge is 2.56. The Morgan fingerprint density at radius 1 is 1.09 bits per heavy atom. The van der Waals surface area contributed by atoms with Crippen LogP contribution in [-0.4, -0.2) is 30.0 Å². The van der Waals surface area contributed by atoms with Gasteiger partial charge in [-0.25, -0.2) is 13.2 Å². The van der Waals surface area contributed by atoms with Crippen molar-refractivity contribution in [2.24, 2.45) is 0 Å². The maximum Gasteiger partial charge on any atom is 0.425 e. The van der Waals surface area contributed by atoms with E-state index in [2.05, 4.69) is 0 Å². The highest BCUT2D eigenvalue weighted by atomic mass is 19.4. The summed E-state index contributed by atoms with van der Waals surface area (Å²) in [7, 11) is 0. The molecule has 11 heavy (non-hydrogen) atoms. The average Bonchev–Trinajstić information content (AvgIpc) is 1.84. The largest absolute Gasteiger partial charge is 0.425 e. The molecule has 0 aromatic rings. The summed E-state index contributed by atoms with van der Waals surface area (Å²) in [5, 5.41) is 7.64. The Labute approximate surface area is 57.6 Å². The van der Waals surface area contributed by atoms with Gasteiger partial charge in [0.2, 0.25) is 0 Å². The molecule has 0 rings (SSSR count). The number of halogens is 6. The fourth-order valence-electron chi connectivity index (χ4n) is 0.320. The Morgan fingerprint density at radius 3 is 1.55 bits per heavy atom. The van der Waals surface area contributed by atoms with E-state index in [0.717, 1.165) is 0 Å². The number of alkyl halides is 6. The molecule has 0 aliphatic heterocycles. The topological polar surface area (TPSA) is 20.2 Å². The molecule has 0 heterocycles. The second-order valence-corrected chi connectivity index (χ2v) is 1.82. The van der Waals surface area contributed by atoms with Crippen molar-refractivity contribution < 1.29 is 31.4 Å². The molecule has 0 saturated heterocycles. The van der Waals surface area contributed by atoms with Crippen molar-refractivity contribution in [3.63, 3.8) is 0 Å². The molecule has 1 N–H and O–H groups in total. The van der Waals surface area contributed by atoms with E-state index >= 15 is 0 Å². The van der Waals surface area contributed by atoms with Crippen LogP contribution in [0.3, 0.4) is 0 Å². The van der Waals surface area contributed by atoms with Crippen LogP contribution in [0.2, 0.25) is 0 Å². The minimum Gasteiger partial charge on any atom is -0.390 e. The minimum absolute atomic E-state index is 2.16. The summed E-state index contributed by atoms with van der Waals surface area (Å²) in [6, 6.07) is 0. The van der Waals surface area contributed by atoms with Gasteiger partial charge in [0, 0.05) is 0 Å². The van der Waals surface area contributed by atoms with Crippen LogP contribution in [0.25, 0.3) is 0 Å². The average molecular weight is 182 g/mol.